The second kappa shape index (κ2) is 11.1. The quantitative estimate of drug-likeness (QED) is 0.375. The fraction of sp³-hybridized carbons (Fsp3) is 0.941. The molecule has 0 N–H and O–H groups in total. The number of carbonyl (C=O) groups excluding carboxylic acids is 1. The largest absolute Gasteiger partial charge is 0.465 e. The standard InChI is InChI=1S/C17H33NO2/c1-3-5-6-7-8-9-10-11-14-18(16-12-13-16)15-17(19)20-4-2/h16H,3-15H2,1-2H3. The van der Waals surface area contributed by atoms with E-state index >= 15 is 0 Å². The molecule has 0 saturated heterocycles. The van der Waals surface area contributed by atoms with Crippen LogP contribution in [0.2, 0.25) is 0 Å². The van der Waals surface area contributed by atoms with E-state index in [0.29, 0.717) is 19.2 Å². The number of esters is 1. The molecule has 118 valence electrons. The summed E-state index contributed by atoms with van der Waals surface area (Å²) in [6.45, 7) is 6.19. The van der Waals surface area contributed by atoms with E-state index in [2.05, 4.69) is 11.8 Å². The molecule has 20 heavy (non-hydrogen) atoms. The Balaban J connectivity index is 2.00. The summed E-state index contributed by atoms with van der Waals surface area (Å²) in [5, 5.41) is 0. The third kappa shape index (κ3) is 8.57. The first-order chi connectivity index (χ1) is 9.77. The number of ether oxygens (including phenoxy) is 1. The molecule has 0 unspecified atom stereocenters. The molecule has 0 aromatic heterocycles. The molecule has 0 radical (unpaired) electrons. The molecule has 0 aromatic rings. The fourth-order valence-corrected chi connectivity index (χ4v) is 2.65. The van der Waals surface area contributed by atoms with Gasteiger partial charge in [-0.3, -0.25) is 9.69 Å². The van der Waals surface area contributed by atoms with Crippen molar-refractivity contribution in [3.8, 4) is 0 Å². The van der Waals surface area contributed by atoms with Crippen molar-refractivity contribution in [2.75, 3.05) is 19.7 Å². The van der Waals surface area contributed by atoms with Crippen LogP contribution in [0.15, 0.2) is 0 Å². The highest BCUT2D eigenvalue weighted by molar-refractivity contribution is 5.71. The maximum absolute atomic E-state index is 11.6. The minimum atomic E-state index is -0.0565. The average molecular weight is 283 g/mol. The van der Waals surface area contributed by atoms with Crippen LogP contribution < -0.4 is 0 Å². The van der Waals surface area contributed by atoms with Crippen LogP contribution in [0.1, 0.15) is 78.1 Å². The van der Waals surface area contributed by atoms with Gasteiger partial charge in [-0.1, -0.05) is 51.9 Å². The minimum absolute atomic E-state index is 0.0565. The summed E-state index contributed by atoms with van der Waals surface area (Å²) in [4.78, 5) is 13.9. The molecule has 0 heterocycles. The van der Waals surface area contributed by atoms with Crippen molar-refractivity contribution < 1.29 is 9.53 Å². The number of hydrogen-bond acceptors (Lipinski definition) is 3. The first-order valence-corrected chi connectivity index (χ1v) is 8.67. The lowest BCUT2D eigenvalue weighted by Crippen LogP contribution is -2.33. The summed E-state index contributed by atoms with van der Waals surface area (Å²) >= 11 is 0. The number of unbranched alkanes of at least 4 members (excludes halogenated alkanes) is 7. The Morgan fingerprint density at radius 1 is 1.00 bits per heavy atom. The molecule has 1 rings (SSSR count). The van der Waals surface area contributed by atoms with Crippen molar-refractivity contribution >= 4 is 5.97 Å². The van der Waals surface area contributed by atoms with Crippen LogP contribution in [0.25, 0.3) is 0 Å². The molecule has 3 nitrogen and oxygen atoms in total. The second-order valence-corrected chi connectivity index (χ2v) is 5.98. The molecule has 0 amide bonds. The summed E-state index contributed by atoms with van der Waals surface area (Å²) in [6.07, 6.45) is 13.3. The van der Waals surface area contributed by atoms with Gasteiger partial charge >= 0.3 is 5.97 Å². The van der Waals surface area contributed by atoms with Crippen LogP contribution in [-0.2, 0) is 9.53 Å². The zero-order chi connectivity index (χ0) is 14.6. The SMILES string of the molecule is CCCCCCCCCCN(CC(=O)OCC)C1CC1. The van der Waals surface area contributed by atoms with Gasteiger partial charge < -0.3 is 4.74 Å². The van der Waals surface area contributed by atoms with Crippen molar-refractivity contribution in [1.29, 1.82) is 0 Å². The number of rotatable bonds is 13. The fourth-order valence-electron chi connectivity index (χ4n) is 2.65. The summed E-state index contributed by atoms with van der Waals surface area (Å²) in [6, 6.07) is 0.656. The van der Waals surface area contributed by atoms with Gasteiger partial charge in [0.05, 0.1) is 13.2 Å². The normalized spacial score (nSPS) is 14.8. The van der Waals surface area contributed by atoms with Gasteiger partial charge in [0.2, 0.25) is 0 Å². The van der Waals surface area contributed by atoms with E-state index in [-0.39, 0.29) is 5.97 Å². The third-order valence-corrected chi connectivity index (χ3v) is 4.00. The lowest BCUT2D eigenvalue weighted by Gasteiger charge is -2.20. The number of hydrogen-bond donors (Lipinski definition) is 0. The first kappa shape index (κ1) is 17.5. The van der Waals surface area contributed by atoms with Crippen molar-refractivity contribution in [3.05, 3.63) is 0 Å². The highest BCUT2D eigenvalue weighted by atomic mass is 16.5. The Morgan fingerprint density at radius 2 is 1.60 bits per heavy atom. The van der Waals surface area contributed by atoms with Gasteiger partial charge in [-0.2, -0.15) is 0 Å². The molecular weight excluding hydrogens is 250 g/mol. The highest BCUT2D eigenvalue weighted by Gasteiger charge is 2.29. The molecule has 0 atom stereocenters. The molecule has 1 aliphatic rings. The molecule has 0 aromatic carbocycles. The molecule has 1 aliphatic carbocycles. The lowest BCUT2D eigenvalue weighted by molar-refractivity contribution is -0.144. The predicted octanol–water partition coefficient (Wildman–Crippen LogP) is 4.15. The molecule has 0 bridgehead atoms. The molecule has 1 saturated carbocycles. The van der Waals surface area contributed by atoms with Gasteiger partial charge in [-0.05, 0) is 32.7 Å². The maximum atomic E-state index is 11.6. The highest BCUT2D eigenvalue weighted by Crippen LogP contribution is 2.27. The van der Waals surface area contributed by atoms with E-state index in [9.17, 15) is 4.79 Å². The number of carbonyl (C=O) groups is 1. The molecule has 0 aliphatic heterocycles. The Labute approximate surface area is 125 Å². The smallest absolute Gasteiger partial charge is 0.320 e. The average Bonchev–Trinajstić information content (AvgIpc) is 3.25. The van der Waals surface area contributed by atoms with Crippen LogP contribution >= 0.6 is 0 Å². The van der Waals surface area contributed by atoms with Gasteiger partial charge in [0.15, 0.2) is 0 Å². The summed E-state index contributed by atoms with van der Waals surface area (Å²) < 4.78 is 5.05. The van der Waals surface area contributed by atoms with Crippen LogP contribution in [0, 0.1) is 0 Å². The molecule has 1 fully saturated rings. The summed E-state index contributed by atoms with van der Waals surface area (Å²) in [5.41, 5.74) is 0. The van der Waals surface area contributed by atoms with Crippen molar-refractivity contribution in [1.82, 2.24) is 4.90 Å². The third-order valence-electron chi connectivity index (χ3n) is 4.00. The van der Waals surface area contributed by atoms with Gasteiger partial charge in [0.25, 0.3) is 0 Å². The van der Waals surface area contributed by atoms with Crippen LogP contribution in [0.3, 0.4) is 0 Å². The monoisotopic (exact) mass is 283 g/mol. The van der Waals surface area contributed by atoms with Gasteiger partial charge in [-0.25, -0.2) is 0 Å². The van der Waals surface area contributed by atoms with E-state index in [4.69, 9.17) is 4.74 Å². The van der Waals surface area contributed by atoms with Crippen molar-refractivity contribution in [3.63, 3.8) is 0 Å². The Kier molecular flexibility index (Phi) is 9.73. The van der Waals surface area contributed by atoms with Crippen LogP contribution in [-0.4, -0.2) is 36.6 Å². The first-order valence-electron chi connectivity index (χ1n) is 8.67. The Morgan fingerprint density at radius 3 is 2.15 bits per heavy atom. The lowest BCUT2D eigenvalue weighted by atomic mass is 10.1. The van der Waals surface area contributed by atoms with E-state index in [1.807, 2.05) is 6.92 Å². The zero-order valence-corrected chi connectivity index (χ0v) is 13.5. The van der Waals surface area contributed by atoms with E-state index in [1.165, 1.54) is 64.2 Å². The van der Waals surface area contributed by atoms with Crippen molar-refractivity contribution in [2.45, 2.75) is 84.1 Å². The number of nitrogens with zero attached hydrogens (tertiary/aromatic N) is 1. The van der Waals surface area contributed by atoms with E-state index in [0.717, 1.165) is 6.54 Å². The predicted molar refractivity (Wildman–Crippen MR) is 83.8 cm³/mol. The van der Waals surface area contributed by atoms with E-state index in [1.54, 1.807) is 0 Å². The van der Waals surface area contributed by atoms with Crippen LogP contribution in [0.5, 0.6) is 0 Å². The maximum Gasteiger partial charge on any atom is 0.320 e. The summed E-state index contributed by atoms with van der Waals surface area (Å²) in [7, 11) is 0. The zero-order valence-electron chi connectivity index (χ0n) is 13.5. The van der Waals surface area contributed by atoms with Gasteiger partial charge in [0.1, 0.15) is 0 Å². The Bertz CT molecular complexity index is 251. The topological polar surface area (TPSA) is 29.5 Å². The van der Waals surface area contributed by atoms with Crippen LogP contribution in [0.4, 0.5) is 0 Å². The van der Waals surface area contributed by atoms with Gasteiger partial charge in [-0.15, -0.1) is 0 Å². The van der Waals surface area contributed by atoms with Crippen molar-refractivity contribution in [2.24, 2.45) is 0 Å². The Hall–Kier alpha value is -0.570. The molecule has 0 spiro atoms. The van der Waals surface area contributed by atoms with Gasteiger partial charge in [0, 0.05) is 6.04 Å². The van der Waals surface area contributed by atoms with E-state index < -0.39 is 0 Å². The minimum Gasteiger partial charge on any atom is -0.465 e. The second-order valence-electron chi connectivity index (χ2n) is 5.98. The molecular formula is C17H33NO2. The molecule has 3 heteroatoms. The summed E-state index contributed by atoms with van der Waals surface area (Å²) in [5.74, 6) is -0.0565.